The molecule has 0 aliphatic rings. The van der Waals surface area contributed by atoms with Crippen LogP contribution < -0.4 is 9.64 Å². The molecule has 2 unspecified atom stereocenters. The van der Waals surface area contributed by atoms with Gasteiger partial charge in [-0.25, -0.2) is 0 Å². The van der Waals surface area contributed by atoms with Gasteiger partial charge in [0.2, 0.25) is 0 Å². The number of hydrogen-bond donors (Lipinski definition) is 1. The lowest BCUT2D eigenvalue weighted by Gasteiger charge is -2.34. The van der Waals surface area contributed by atoms with Crippen molar-refractivity contribution in [3.8, 4) is 11.5 Å². The molecule has 0 amide bonds. The van der Waals surface area contributed by atoms with E-state index in [0.29, 0.717) is 35.6 Å². The summed E-state index contributed by atoms with van der Waals surface area (Å²) in [5, 5.41) is 9.78. The third kappa shape index (κ3) is 7.05. The van der Waals surface area contributed by atoms with Crippen molar-refractivity contribution < 1.29 is 32.2 Å². The lowest BCUT2D eigenvalue weighted by atomic mass is 10.0. The molecule has 1 N–H and O–H groups in total. The van der Waals surface area contributed by atoms with Crippen molar-refractivity contribution in [1.29, 1.82) is 0 Å². The van der Waals surface area contributed by atoms with E-state index < -0.39 is 30.9 Å². The van der Waals surface area contributed by atoms with E-state index in [1.807, 2.05) is 6.07 Å². The van der Waals surface area contributed by atoms with Crippen molar-refractivity contribution in [2.75, 3.05) is 11.4 Å². The molecule has 0 saturated carbocycles. The molecule has 3 aromatic rings. The summed E-state index contributed by atoms with van der Waals surface area (Å²) in [5.41, 5.74) is 1.07. The number of aliphatic hydroxyl groups excluding tert-OH is 1. The third-order valence-corrected chi connectivity index (χ3v) is 5.41. The summed E-state index contributed by atoms with van der Waals surface area (Å²) in [7, 11) is 0. The molecule has 0 bridgehead atoms. The quantitative estimate of drug-likeness (QED) is 0.275. The number of halogens is 4. The smallest absolute Gasteiger partial charge is 0.416 e. The molecule has 0 aliphatic carbocycles. The summed E-state index contributed by atoms with van der Waals surface area (Å²) >= 11 is 0. The van der Waals surface area contributed by atoms with E-state index in [1.54, 1.807) is 67.6 Å². The molecule has 0 saturated heterocycles. The Kier molecular flexibility index (Phi) is 8.28. The van der Waals surface area contributed by atoms with Crippen LogP contribution >= 0.6 is 0 Å². The van der Waals surface area contributed by atoms with Crippen molar-refractivity contribution in [2.24, 2.45) is 0 Å². The minimum atomic E-state index is -4.77. The molecule has 0 spiro atoms. The number of benzene rings is 3. The van der Waals surface area contributed by atoms with Crippen LogP contribution in [0.2, 0.25) is 0 Å². The molecule has 0 fully saturated rings. The van der Waals surface area contributed by atoms with Gasteiger partial charge in [-0.1, -0.05) is 36.4 Å². The molecule has 34 heavy (non-hydrogen) atoms. The standard InChI is InChI=1S/C26H25F4NO3/c1-18(13-14-19-7-5-8-20(15-19)25(27)33)31(17-24(32)26(28,29)30)21-9-6-12-23(16-21)34-22-10-3-2-4-11-22/h2-12,15-16,18,24,32H,13-14,17H2,1H3. The van der Waals surface area contributed by atoms with Gasteiger partial charge in [0.1, 0.15) is 11.5 Å². The minimum absolute atomic E-state index is 0.0692. The Labute approximate surface area is 195 Å². The molecular formula is C26H25F4NO3. The van der Waals surface area contributed by atoms with E-state index >= 15 is 0 Å². The molecule has 0 heterocycles. The van der Waals surface area contributed by atoms with Gasteiger partial charge in [-0.2, -0.15) is 17.6 Å². The highest BCUT2D eigenvalue weighted by molar-refractivity contribution is 5.88. The van der Waals surface area contributed by atoms with Gasteiger partial charge in [-0.15, -0.1) is 0 Å². The Morgan fingerprint density at radius 3 is 2.32 bits per heavy atom. The van der Waals surface area contributed by atoms with E-state index in [9.17, 15) is 27.5 Å². The Morgan fingerprint density at radius 2 is 1.65 bits per heavy atom. The van der Waals surface area contributed by atoms with E-state index in [2.05, 4.69) is 0 Å². The van der Waals surface area contributed by atoms with E-state index in [1.165, 1.54) is 17.0 Å². The third-order valence-electron chi connectivity index (χ3n) is 5.41. The molecule has 0 radical (unpaired) electrons. The van der Waals surface area contributed by atoms with Crippen molar-refractivity contribution in [2.45, 2.75) is 38.1 Å². The highest BCUT2D eigenvalue weighted by Crippen LogP contribution is 2.30. The summed E-state index contributed by atoms with van der Waals surface area (Å²) in [6.07, 6.45) is -6.51. The molecule has 3 rings (SSSR count). The fourth-order valence-electron chi connectivity index (χ4n) is 3.56. The molecule has 4 nitrogen and oxygen atoms in total. The average molecular weight is 475 g/mol. The van der Waals surface area contributed by atoms with Crippen LogP contribution in [0.25, 0.3) is 0 Å². The number of carbonyl (C=O) groups excluding carboxylic acids is 1. The molecule has 0 aliphatic heterocycles. The summed E-state index contributed by atoms with van der Waals surface area (Å²) < 4.78 is 58.3. The average Bonchev–Trinajstić information content (AvgIpc) is 2.81. The van der Waals surface area contributed by atoms with Gasteiger partial charge in [0.05, 0.1) is 12.1 Å². The number of hydrogen-bond acceptors (Lipinski definition) is 4. The fraction of sp³-hybridized carbons (Fsp3) is 0.269. The minimum Gasteiger partial charge on any atom is -0.457 e. The van der Waals surface area contributed by atoms with Crippen LogP contribution in [0.1, 0.15) is 29.3 Å². The zero-order chi connectivity index (χ0) is 24.7. The maximum atomic E-state index is 13.2. The van der Waals surface area contributed by atoms with E-state index in [0.717, 1.165) is 0 Å². The first-order chi connectivity index (χ1) is 16.1. The number of anilines is 1. The summed E-state index contributed by atoms with van der Waals surface area (Å²) in [6, 6.07) is 19.7. The number of aliphatic hydroxyl groups is 1. The van der Waals surface area contributed by atoms with Crippen molar-refractivity contribution >= 4 is 11.7 Å². The maximum Gasteiger partial charge on any atom is 0.416 e. The number of nitrogens with zero attached hydrogens (tertiary/aromatic N) is 1. The molecule has 8 heteroatoms. The lowest BCUT2D eigenvalue weighted by Crippen LogP contribution is -2.45. The zero-order valence-electron chi connectivity index (χ0n) is 18.5. The maximum absolute atomic E-state index is 13.2. The lowest BCUT2D eigenvalue weighted by molar-refractivity contribution is -0.200. The SMILES string of the molecule is CC(CCc1cccc(C(=O)F)c1)N(CC(O)C(F)(F)F)c1cccc(Oc2ccccc2)c1. The van der Waals surface area contributed by atoms with Gasteiger partial charge >= 0.3 is 12.2 Å². The van der Waals surface area contributed by atoms with Crippen molar-refractivity contribution in [3.05, 3.63) is 90.0 Å². The fourth-order valence-corrected chi connectivity index (χ4v) is 3.56. The van der Waals surface area contributed by atoms with Gasteiger partial charge in [-0.3, -0.25) is 4.79 Å². The Bertz CT molecular complexity index is 1090. The highest BCUT2D eigenvalue weighted by atomic mass is 19.4. The Balaban J connectivity index is 1.81. The van der Waals surface area contributed by atoms with Crippen LogP contribution in [-0.4, -0.2) is 36.0 Å². The van der Waals surface area contributed by atoms with Crippen LogP contribution in [0, 0.1) is 0 Å². The number of para-hydroxylation sites is 1. The summed E-state index contributed by atoms with van der Waals surface area (Å²) in [4.78, 5) is 12.5. The van der Waals surface area contributed by atoms with Crippen LogP contribution in [0.5, 0.6) is 11.5 Å². The number of carbonyl (C=O) groups is 1. The molecular weight excluding hydrogens is 450 g/mol. The first-order valence-electron chi connectivity index (χ1n) is 10.8. The van der Waals surface area contributed by atoms with Gasteiger partial charge in [-0.05, 0) is 61.7 Å². The predicted molar refractivity (Wildman–Crippen MR) is 122 cm³/mol. The van der Waals surface area contributed by atoms with Crippen molar-refractivity contribution in [3.63, 3.8) is 0 Å². The Hall–Kier alpha value is -3.39. The largest absolute Gasteiger partial charge is 0.457 e. The second-order valence-corrected chi connectivity index (χ2v) is 7.98. The van der Waals surface area contributed by atoms with Crippen LogP contribution in [0.15, 0.2) is 78.9 Å². The Morgan fingerprint density at radius 1 is 0.971 bits per heavy atom. The summed E-state index contributed by atoms with van der Waals surface area (Å²) in [5.74, 6) is 1.02. The summed E-state index contributed by atoms with van der Waals surface area (Å²) in [6.45, 7) is 1.08. The molecule has 3 aromatic carbocycles. The number of ether oxygens (including phenoxy) is 1. The van der Waals surface area contributed by atoms with Crippen LogP contribution in [-0.2, 0) is 6.42 Å². The predicted octanol–water partition coefficient (Wildman–Crippen LogP) is 6.34. The van der Waals surface area contributed by atoms with Gasteiger partial charge in [0.25, 0.3) is 0 Å². The van der Waals surface area contributed by atoms with Crippen LogP contribution in [0.4, 0.5) is 23.2 Å². The second kappa shape index (κ2) is 11.2. The number of aryl methyl sites for hydroxylation is 1. The first-order valence-corrected chi connectivity index (χ1v) is 10.8. The topological polar surface area (TPSA) is 49.8 Å². The molecule has 0 aromatic heterocycles. The monoisotopic (exact) mass is 475 g/mol. The van der Waals surface area contributed by atoms with Gasteiger partial charge in [0.15, 0.2) is 6.10 Å². The second-order valence-electron chi connectivity index (χ2n) is 7.98. The first kappa shape index (κ1) is 25.2. The highest BCUT2D eigenvalue weighted by Gasteiger charge is 2.40. The van der Waals surface area contributed by atoms with E-state index in [4.69, 9.17) is 4.74 Å². The number of rotatable bonds is 10. The van der Waals surface area contributed by atoms with Gasteiger partial charge < -0.3 is 14.7 Å². The molecule has 180 valence electrons. The van der Waals surface area contributed by atoms with Crippen molar-refractivity contribution in [1.82, 2.24) is 0 Å². The molecule has 2 atom stereocenters. The van der Waals surface area contributed by atoms with E-state index in [-0.39, 0.29) is 5.56 Å². The van der Waals surface area contributed by atoms with Crippen LogP contribution in [0.3, 0.4) is 0 Å². The normalized spacial score (nSPS) is 13.2. The van der Waals surface area contributed by atoms with Gasteiger partial charge in [0, 0.05) is 17.8 Å². The number of alkyl halides is 3. The zero-order valence-corrected chi connectivity index (χ0v) is 18.5.